The van der Waals surface area contributed by atoms with Crippen LogP contribution in [0.15, 0.2) is 0 Å². The van der Waals surface area contributed by atoms with Gasteiger partial charge in [0.2, 0.25) is 5.91 Å². The summed E-state index contributed by atoms with van der Waals surface area (Å²) in [7, 11) is 0. The van der Waals surface area contributed by atoms with Gasteiger partial charge in [0, 0.05) is 0 Å². The number of carboxylic acids is 1. The molecule has 0 radical (unpaired) electrons. The van der Waals surface area contributed by atoms with Crippen molar-refractivity contribution >= 4 is 11.9 Å². The molecule has 88 valence electrons. The van der Waals surface area contributed by atoms with E-state index in [2.05, 4.69) is 0 Å². The van der Waals surface area contributed by atoms with E-state index in [1.165, 1.54) is 0 Å². The van der Waals surface area contributed by atoms with Crippen LogP contribution in [-0.2, 0) is 9.59 Å². The van der Waals surface area contributed by atoms with Crippen molar-refractivity contribution < 1.29 is 33.0 Å². The predicted octanol–water partition coefficient (Wildman–Crippen LogP) is -0.109. The summed E-state index contributed by atoms with van der Waals surface area (Å²) in [6.07, 6.45) is -6.36. The SMILES string of the molecule is CC(O)(CNC(=O)CC(F)(F)F)C(=O)O. The van der Waals surface area contributed by atoms with Crippen molar-refractivity contribution in [2.75, 3.05) is 6.54 Å². The van der Waals surface area contributed by atoms with Crippen LogP contribution in [0.3, 0.4) is 0 Å². The van der Waals surface area contributed by atoms with E-state index in [9.17, 15) is 22.8 Å². The molecule has 1 atom stereocenters. The van der Waals surface area contributed by atoms with Crippen LogP contribution in [0.25, 0.3) is 0 Å². The Morgan fingerprint density at radius 2 is 1.80 bits per heavy atom. The van der Waals surface area contributed by atoms with Crippen molar-refractivity contribution in [2.24, 2.45) is 0 Å². The first-order chi connectivity index (χ1) is 6.54. The molecule has 0 bridgehead atoms. The third-order valence-corrected chi connectivity index (χ3v) is 1.45. The van der Waals surface area contributed by atoms with Gasteiger partial charge in [-0.05, 0) is 6.92 Å². The molecule has 0 rings (SSSR count). The summed E-state index contributed by atoms with van der Waals surface area (Å²) in [6.45, 7) is 0.0838. The van der Waals surface area contributed by atoms with E-state index in [1.807, 2.05) is 0 Å². The first-order valence-electron chi connectivity index (χ1n) is 3.84. The molecule has 0 aliphatic rings. The van der Waals surface area contributed by atoms with Gasteiger partial charge in [-0.15, -0.1) is 0 Å². The molecular weight excluding hydrogens is 219 g/mol. The Kier molecular flexibility index (Phi) is 4.08. The zero-order chi connectivity index (χ0) is 12.3. The molecule has 5 nitrogen and oxygen atoms in total. The highest BCUT2D eigenvalue weighted by molar-refractivity contribution is 5.80. The average Bonchev–Trinajstić information content (AvgIpc) is 1.97. The van der Waals surface area contributed by atoms with E-state index in [0.717, 1.165) is 6.92 Å². The molecule has 1 unspecified atom stereocenters. The quantitative estimate of drug-likeness (QED) is 0.627. The molecule has 15 heavy (non-hydrogen) atoms. The topological polar surface area (TPSA) is 86.6 Å². The molecule has 1 amide bonds. The van der Waals surface area contributed by atoms with Crippen LogP contribution >= 0.6 is 0 Å². The summed E-state index contributed by atoms with van der Waals surface area (Å²) >= 11 is 0. The van der Waals surface area contributed by atoms with Crippen LogP contribution in [0.2, 0.25) is 0 Å². The number of hydrogen-bond acceptors (Lipinski definition) is 3. The van der Waals surface area contributed by atoms with Crippen LogP contribution in [0, 0.1) is 0 Å². The number of rotatable bonds is 4. The van der Waals surface area contributed by atoms with Gasteiger partial charge in [-0.25, -0.2) is 4.79 Å². The number of halogens is 3. The predicted molar refractivity (Wildman–Crippen MR) is 41.9 cm³/mol. The third-order valence-electron chi connectivity index (χ3n) is 1.45. The number of aliphatic hydroxyl groups is 1. The van der Waals surface area contributed by atoms with Gasteiger partial charge in [0.15, 0.2) is 5.60 Å². The minimum absolute atomic E-state index is 0.781. The second-order valence-corrected chi connectivity index (χ2v) is 3.15. The lowest BCUT2D eigenvalue weighted by molar-refractivity contribution is -0.158. The molecular formula is C7H10F3NO4. The van der Waals surface area contributed by atoms with Gasteiger partial charge >= 0.3 is 12.1 Å². The number of nitrogens with one attached hydrogen (secondary N) is 1. The lowest BCUT2D eigenvalue weighted by atomic mass is 10.1. The Morgan fingerprint density at radius 1 is 1.33 bits per heavy atom. The Bertz CT molecular complexity index is 261. The van der Waals surface area contributed by atoms with Crippen molar-refractivity contribution in [3.8, 4) is 0 Å². The number of hydrogen-bond donors (Lipinski definition) is 3. The first-order valence-corrected chi connectivity index (χ1v) is 3.84. The highest BCUT2D eigenvalue weighted by Gasteiger charge is 2.34. The van der Waals surface area contributed by atoms with Crippen molar-refractivity contribution in [3.63, 3.8) is 0 Å². The van der Waals surface area contributed by atoms with Crippen LogP contribution in [0.1, 0.15) is 13.3 Å². The Balaban J connectivity index is 4.07. The standard InChI is InChI=1S/C7H10F3NO4/c1-6(15,5(13)14)3-11-4(12)2-7(8,9)10/h15H,2-3H2,1H3,(H,11,12)(H,13,14). The van der Waals surface area contributed by atoms with Gasteiger partial charge in [-0.3, -0.25) is 4.79 Å². The fraction of sp³-hybridized carbons (Fsp3) is 0.714. The van der Waals surface area contributed by atoms with E-state index < -0.39 is 36.6 Å². The Labute approximate surface area is 82.9 Å². The summed E-state index contributed by atoms with van der Waals surface area (Å²) in [5, 5.41) is 19.1. The Hall–Kier alpha value is -1.31. The smallest absolute Gasteiger partial charge is 0.397 e. The number of aliphatic carboxylic acids is 1. The molecule has 0 aliphatic carbocycles. The van der Waals surface area contributed by atoms with E-state index in [4.69, 9.17) is 10.2 Å². The summed E-state index contributed by atoms with van der Waals surface area (Å²) in [4.78, 5) is 20.9. The minimum atomic E-state index is -4.65. The van der Waals surface area contributed by atoms with Gasteiger partial charge in [-0.2, -0.15) is 13.2 Å². The van der Waals surface area contributed by atoms with Crippen molar-refractivity contribution in [1.29, 1.82) is 0 Å². The zero-order valence-electron chi connectivity index (χ0n) is 7.76. The van der Waals surface area contributed by atoms with Gasteiger partial charge in [0.05, 0.1) is 6.54 Å². The molecule has 0 fully saturated rings. The van der Waals surface area contributed by atoms with E-state index in [-0.39, 0.29) is 0 Å². The van der Waals surface area contributed by atoms with Gasteiger partial charge < -0.3 is 15.5 Å². The van der Waals surface area contributed by atoms with Crippen LogP contribution in [0.5, 0.6) is 0 Å². The molecule has 0 aromatic heterocycles. The van der Waals surface area contributed by atoms with Crippen molar-refractivity contribution in [2.45, 2.75) is 25.1 Å². The lowest BCUT2D eigenvalue weighted by Gasteiger charge is -2.18. The number of carboxylic acid groups (broad SMARTS) is 1. The molecule has 8 heteroatoms. The number of alkyl halides is 3. The maximum absolute atomic E-state index is 11.6. The molecule has 0 spiro atoms. The molecule has 0 aliphatic heterocycles. The number of carbonyl (C=O) groups is 2. The van der Waals surface area contributed by atoms with Crippen LogP contribution in [0.4, 0.5) is 13.2 Å². The monoisotopic (exact) mass is 229 g/mol. The van der Waals surface area contributed by atoms with Gasteiger partial charge in [0.1, 0.15) is 6.42 Å². The van der Waals surface area contributed by atoms with Crippen LogP contribution < -0.4 is 5.32 Å². The summed E-state index contributed by atoms with van der Waals surface area (Å²) < 4.78 is 34.9. The zero-order valence-corrected chi connectivity index (χ0v) is 7.76. The van der Waals surface area contributed by atoms with Crippen LogP contribution in [-0.4, -0.2) is 40.4 Å². The van der Waals surface area contributed by atoms with Crippen molar-refractivity contribution in [1.82, 2.24) is 5.32 Å². The lowest BCUT2D eigenvalue weighted by Crippen LogP contribution is -2.47. The first kappa shape index (κ1) is 13.7. The molecule has 0 saturated carbocycles. The second-order valence-electron chi connectivity index (χ2n) is 3.15. The van der Waals surface area contributed by atoms with E-state index in [0.29, 0.717) is 0 Å². The largest absolute Gasteiger partial charge is 0.479 e. The maximum Gasteiger partial charge on any atom is 0.397 e. The molecule has 0 aromatic rings. The second kappa shape index (κ2) is 4.47. The molecule has 0 aromatic carbocycles. The summed E-state index contributed by atoms with van der Waals surface area (Å²) in [6, 6.07) is 0. The molecule has 0 heterocycles. The molecule has 0 saturated heterocycles. The Morgan fingerprint density at radius 3 is 2.13 bits per heavy atom. The summed E-state index contributed by atoms with van der Waals surface area (Å²) in [5.74, 6) is -3.01. The maximum atomic E-state index is 11.6. The normalized spacial score (nSPS) is 15.5. The average molecular weight is 229 g/mol. The molecule has 3 N–H and O–H groups in total. The van der Waals surface area contributed by atoms with Gasteiger partial charge in [0.25, 0.3) is 0 Å². The van der Waals surface area contributed by atoms with Gasteiger partial charge in [-0.1, -0.05) is 0 Å². The minimum Gasteiger partial charge on any atom is -0.479 e. The summed E-state index contributed by atoms with van der Waals surface area (Å²) in [5.41, 5.74) is -2.28. The third kappa shape index (κ3) is 5.89. The highest BCUT2D eigenvalue weighted by Crippen LogP contribution is 2.18. The van der Waals surface area contributed by atoms with Crippen molar-refractivity contribution in [3.05, 3.63) is 0 Å². The number of carbonyl (C=O) groups excluding carboxylic acids is 1. The van der Waals surface area contributed by atoms with E-state index >= 15 is 0 Å². The highest BCUT2D eigenvalue weighted by atomic mass is 19.4. The number of amides is 1. The fourth-order valence-electron chi connectivity index (χ4n) is 0.591. The van der Waals surface area contributed by atoms with E-state index in [1.54, 1.807) is 5.32 Å². The fourth-order valence-corrected chi connectivity index (χ4v) is 0.591.